The zero-order valence-corrected chi connectivity index (χ0v) is 9.07. The summed E-state index contributed by atoms with van der Waals surface area (Å²) in [5, 5.41) is 10.9. The van der Waals surface area contributed by atoms with Crippen molar-refractivity contribution in [3.8, 4) is 0 Å². The molecule has 0 saturated heterocycles. The lowest BCUT2D eigenvalue weighted by atomic mass is 9.98. The molecule has 0 spiro atoms. The highest BCUT2D eigenvalue weighted by molar-refractivity contribution is 5.78. The number of pyridine rings is 1. The van der Waals surface area contributed by atoms with Crippen LogP contribution in [-0.4, -0.2) is 15.7 Å². The van der Waals surface area contributed by atoms with Crippen molar-refractivity contribution in [2.24, 2.45) is 0 Å². The SMILES string of the molecule is CC(C)(O)Cc1ccc2ncccc2c1. The lowest BCUT2D eigenvalue weighted by Gasteiger charge is -2.17. The normalized spacial score (nSPS) is 11.9. The van der Waals surface area contributed by atoms with Gasteiger partial charge in [-0.1, -0.05) is 12.1 Å². The lowest BCUT2D eigenvalue weighted by Crippen LogP contribution is -2.21. The summed E-state index contributed by atoms with van der Waals surface area (Å²) in [5.41, 5.74) is 1.48. The number of hydrogen-bond donors (Lipinski definition) is 1. The highest BCUT2D eigenvalue weighted by Gasteiger charge is 2.13. The molecule has 15 heavy (non-hydrogen) atoms. The molecule has 1 heterocycles. The summed E-state index contributed by atoms with van der Waals surface area (Å²) < 4.78 is 0. The Hall–Kier alpha value is -1.41. The number of nitrogens with zero attached hydrogens (tertiary/aromatic N) is 1. The Morgan fingerprint density at radius 3 is 2.80 bits per heavy atom. The summed E-state index contributed by atoms with van der Waals surface area (Å²) in [7, 11) is 0. The highest BCUT2D eigenvalue weighted by atomic mass is 16.3. The van der Waals surface area contributed by atoms with Crippen LogP contribution in [0.3, 0.4) is 0 Å². The van der Waals surface area contributed by atoms with E-state index in [1.54, 1.807) is 6.20 Å². The van der Waals surface area contributed by atoms with E-state index in [0.717, 1.165) is 16.5 Å². The maximum absolute atomic E-state index is 9.73. The Balaban J connectivity index is 2.39. The quantitative estimate of drug-likeness (QED) is 0.810. The van der Waals surface area contributed by atoms with E-state index in [1.165, 1.54) is 0 Å². The molecular weight excluding hydrogens is 186 g/mol. The molecule has 2 nitrogen and oxygen atoms in total. The van der Waals surface area contributed by atoms with Gasteiger partial charge in [-0.3, -0.25) is 4.98 Å². The third kappa shape index (κ3) is 2.54. The number of hydrogen-bond acceptors (Lipinski definition) is 2. The van der Waals surface area contributed by atoms with Crippen LogP contribution in [0.25, 0.3) is 10.9 Å². The van der Waals surface area contributed by atoms with Crippen molar-refractivity contribution < 1.29 is 5.11 Å². The van der Waals surface area contributed by atoms with Crippen LogP contribution in [0, 0.1) is 0 Å². The first kappa shape index (κ1) is 10.1. The van der Waals surface area contributed by atoms with Gasteiger partial charge in [-0.05, 0) is 37.6 Å². The summed E-state index contributed by atoms with van der Waals surface area (Å²) in [6, 6.07) is 10.1. The molecule has 0 atom stereocenters. The van der Waals surface area contributed by atoms with Gasteiger partial charge in [-0.25, -0.2) is 0 Å². The molecule has 78 valence electrons. The number of fused-ring (bicyclic) bond motifs is 1. The van der Waals surface area contributed by atoms with Gasteiger partial charge in [0, 0.05) is 18.0 Å². The average Bonchev–Trinajstić information content (AvgIpc) is 2.15. The second-order valence-corrected chi connectivity index (χ2v) is 4.52. The average molecular weight is 201 g/mol. The molecule has 1 aromatic heterocycles. The first-order chi connectivity index (χ1) is 7.04. The molecule has 1 N–H and O–H groups in total. The van der Waals surface area contributed by atoms with E-state index in [-0.39, 0.29) is 0 Å². The molecule has 2 heteroatoms. The molecule has 2 aromatic rings. The highest BCUT2D eigenvalue weighted by Crippen LogP contribution is 2.17. The number of rotatable bonds is 2. The van der Waals surface area contributed by atoms with Crippen LogP contribution >= 0.6 is 0 Å². The molecule has 0 saturated carbocycles. The molecule has 0 aliphatic carbocycles. The van der Waals surface area contributed by atoms with E-state index in [9.17, 15) is 5.11 Å². The van der Waals surface area contributed by atoms with Crippen LogP contribution in [0.2, 0.25) is 0 Å². The van der Waals surface area contributed by atoms with Crippen molar-refractivity contribution in [3.63, 3.8) is 0 Å². The zero-order valence-electron chi connectivity index (χ0n) is 9.07. The first-order valence-corrected chi connectivity index (χ1v) is 5.11. The molecule has 0 aliphatic heterocycles. The van der Waals surface area contributed by atoms with Gasteiger partial charge in [0.2, 0.25) is 0 Å². The van der Waals surface area contributed by atoms with Gasteiger partial charge < -0.3 is 5.11 Å². The van der Waals surface area contributed by atoms with Crippen molar-refractivity contribution in [2.45, 2.75) is 25.9 Å². The molecule has 2 rings (SSSR count). The first-order valence-electron chi connectivity index (χ1n) is 5.11. The van der Waals surface area contributed by atoms with Gasteiger partial charge in [-0.2, -0.15) is 0 Å². The second-order valence-electron chi connectivity index (χ2n) is 4.52. The van der Waals surface area contributed by atoms with Crippen LogP contribution in [0.5, 0.6) is 0 Å². The molecule has 0 radical (unpaired) electrons. The maximum Gasteiger partial charge on any atom is 0.0702 e. The Bertz CT molecular complexity index is 471. The Labute approximate surface area is 89.6 Å². The smallest absolute Gasteiger partial charge is 0.0702 e. The van der Waals surface area contributed by atoms with Crippen LogP contribution < -0.4 is 0 Å². The lowest BCUT2D eigenvalue weighted by molar-refractivity contribution is 0.0810. The fourth-order valence-electron chi connectivity index (χ4n) is 1.73. The van der Waals surface area contributed by atoms with Gasteiger partial charge in [0.15, 0.2) is 0 Å². The standard InChI is InChI=1S/C13H15NO/c1-13(2,15)9-10-5-6-12-11(8-10)4-3-7-14-12/h3-8,15H,9H2,1-2H3. The molecule has 0 bridgehead atoms. The second kappa shape index (κ2) is 3.63. The van der Waals surface area contributed by atoms with E-state index in [1.807, 2.05) is 38.1 Å². The molecule has 0 unspecified atom stereocenters. The van der Waals surface area contributed by atoms with Crippen LogP contribution in [0.15, 0.2) is 36.5 Å². The van der Waals surface area contributed by atoms with Crippen LogP contribution in [0.1, 0.15) is 19.4 Å². The van der Waals surface area contributed by atoms with Crippen molar-refractivity contribution >= 4 is 10.9 Å². The van der Waals surface area contributed by atoms with Crippen LogP contribution in [-0.2, 0) is 6.42 Å². The fraction of sp³-hybridized carbons (Fsp3) is 0.308. The minimum Gasteiger partial charge on any atom is -0.390 e. The third-order valence-corrected chi connectivity index (χ3v) is 2.30. The number of aliphatic hydroxyl groups is 1. The minimum atomic E-state index is -0.657. The van der Waals surface area contributed by atoms with Gasteiger partial charge in [0.05, 0.1) is 11.1 Å². The molecule has 0 aliphatic rings. The van der Waals surface area contributed by atoms with Crippen molar-refractivity contribution in [3.05, 3.63) is 42.1 Å². The van der Waals surface area contributed by atoms with E-state index >= 15 is 0 Å². The monoisotopic (exact) mass is 201 g/mol. The molecular formula is C13H15NO. The summed E-state index contributed by atoms with van der Waals surface area (Å²) >= 11 is 0. The largest absolute Gasteiger partial charge is 0.390 e. The Morgan fingerprint density at radius 2 is 2.07 bits per heavy atom. The zero-order chi connectivity index (χ0) is 10.9. The van der Waals surface area contributed by atoms with Crippen molar-refractivity contribution in [1.82, 2.24) is 4.98 Å². The Morgan fingerprint density at radius 1 is 1.27 bits per heavy atom. The van der Waals surface area contributed by atoms with E-state index in [4.69, 9.17) is 0 Å². The summed E-state index contributed by atoms with van der Waals surface area (Å²) in [5.74, 6) is 0. The van der Waals surface area contributed by atoms with Crippen LogP contribution in [0.4, 0.5) is 0 Å². The van der Waals surface area contributed by atoms with E-state index in [2.05, 4.69) is 11.1 Å². The minimum absolute atomic E-state index is 0.657. The third-order valence-electron chi connectivity index (χ3n) is 2.30. The van der Waals surface area contributed by atoms with Gasteiger partial charge >= 0.3 is 0 Å². The molecule has 0 fully saturated rings. The number of benzene rings is 1. The van der Waals surface area contributed by atoms with Gasteiger partial charge in [0.1, 0.15) is 0 Å². The molecule has 0 amide bonds. The van der Waals surface area contributed by atoms with E-state index < -0.39 is 5.60 Å². The topological polar surface area (TPSA) is 33.1 Å². The predicted octanol–water partition coefficient (Wildman–Crippen LogP) is 2.55. The predicted molar refractivity (Wildman–Crippen MR) is 61.7 cm³/mol. The number of aromatic nitrogens is 1. The summed E-state index contributed by atoms with van der Waals surface area (Å²) in [6.45, 7) is 3.64. The summed E-state index contributed by atoms with van der Waals surface area (Å²) in [4.78, 5) is 4.26. The molecule has 1 aromatic carbocycles. The van der Waals surface area contributed by atoms with Crippen molar-refractivity contribution in [2.75, 3.05) is 0 Å². The van der Waals surface area contributed by atoms with Crippen molar-refractivity contribution in [1.29, 1.82) is 0 Å². The Kier molecular flexibility index (Phi) is 2.45. The van der Waals surface area contributed by atoms with Gasteiger partial charge in [0.25, 0.3) is 0 Å². The maximum atomic E-state index is 9.73. The van der Waals surface area contributed by atoms with Gasteiger partial charge in [-0.15, -0.1) is 0 Å². The fourth-order valence-corrected chi connectivity index (χ4v) is 1.73. The van der Waals surface area contributed by atoms with E-state index in [0.29, 0.717) is 6.42 Å². The summed E-state index contributed by atoms with van der Waals surface area (Å²) in [6.07, 6.45) is 2.45.